The van der Waals surface area contributed by atoms with Gasteiger partial charge in [0, 0.05) is 29.7 Å². The second kappa shape index (κ2) is 14.3. The van der Waals surface area contributed by atoms with Gasteiger partial charge in [0.25, 0.3) is 5.91 Å². The molecule has 6 atom stereocenters. The van der Waals surface area contributed by atoms with E-state index in [-0.39, 0.29) is 48.6 Å². The third-order valence-corrected chi connectivity index (χ3v) is 11.9. The summed E-state index contributed by atoms with van der Waals surface area (Å²) in [6.45, 7) is 18.7. The van der Waals surface area contributed by atoms with Crippen molar-refractivity contribution in [3.05, 3.63) is 78.9 Å². The molecule has 0 saturated carbocycles. The first-order valence-electron chi connectivity index (χ1n) is 16.8. The zero-order valence-electron chi connectivity index (χ0n) is 28.4. The highest BCUT2D eigenvalue weighted by molar-refractivity contribution is 8.02. The molecule has 2 bridgehead atoms. The Morgan fingerprint density at radius 3 is 2.28 bits per heavy atom. The van der Waals surface area contributed by atoms with Gasteiger partial charge < -0.3 is 24.5 Å². The van der Waals surface area contributed by atoms with Gasteiger partial charge in [0.1, 0.15) is 11.8 Å². The first-order valence-corrected chi connectivity index (χ1v) is 17.7. The molecule has 3 aliphatic rings. The van der Waals surface area contributed by atoms with Crippen molar-refractivity contribution in [1.29, 1.82) is 0 Å². The number of aliphatic hydroxyl groups excluding tert-OH is 1. The van der Waals surface area contributed by atoms with Crippen molar-refractivity contribution >= 4 is 40.9 Å². The van der Waals surface area contributed by atoms with Crippen LogP contribution in [0.2, 0.25) is 0 Å². The van der Waals surface area contributed by atoms with Crippen LogP contribution in [-0.2, 0) is 14.4 Å². The van der Waals surface area contributed by atoms with E-state index in [9.17, 15) is 14.7 Å². The van der Waals surface area contributed by atoms with Gasteiger partial charge in [-0.15, -0.1) is 24.9 Å². The van der Waals surface area contributed by atoms with Gasteiger partial charge in [-0.05, 0) is 81.3 Å². The summed E-state index contributed by atoms with van der Waals surface area (Å²) in [4.78, 5) is 49.8. The lowest BCUT2D eigenvalue weighted by Gasteiger charge is -2.40. The predicted molar refractivity (Wildman–Crippen MR) is 190 cm³/mol. The van der Waals surface area contributed by atoms with Crippen molar-refractivity contribution in [2.45, 2.75) is 76.0 Å². The Balaban J connectivity index is 1.60. The molecule has 1 N–H and O–H groups in total. The molecule has 0 aliphatic carbocycles. The van der Waals surface area contributed by atoms with Gasteiger partial charge in [0.05, 0.1) is 35.8 Å². The smallest absolute Gasteiger partial charge is 0.251 e. The molecular weight excluding hydrogens is 611 g/mol. The predicted octanol–water partition coefficient (Wildman–Crippen LogP) is 5.94. The van der Waals surface area contributed by atoms with Crippen LogP contribution in [0.25, 0.3) is 0 Å². The number of thioether (sulfide) groups is 1. The highest BCUT2D eigenvalue weighted by Crippen LogP contribution is 2.67. The van der Waals surface area contributed by atoms with Gasteiger partial charge in [-0.25, -0.2) is 0 Å². The number of anilines is 2. The lowest BCUT2D eigenvalue weighted by Crippen LogP contribution is -2.58. The molecule has 3 saturated heterocycles. The minimum Gasteiger partial charge on any atom is -0.494 e. The fraction of sp³-hybridized carbons (Fsp3) is 0.500. The number of amides is 3. The molecule has 2 aromatic rings. The van der Waals surface area contributed by atoms with Gasteiger partial charge in [-0.1, -0.05) is 44.2 Å². The number of rotatable bonds is 14. The summed E-state index contributed by atoms with van der Waals surface area (Å²) in [5.41, 5.74) is 3.43. The molecule has 2 aromatic carbocycles. The van der Waals surface area contributed by atoms with Crippen molar-refractivity contribution in [2.24, 2.45) is 17.8 Å². The first-order chi connectivity index (χ1) is 22.5. The molecule has 3 fully saturated rings. The number of aryl methyl sites for hydroxylation is 2. The summed E-state index contributed by atoms with van der Waals surface area (Å²) < 4.78 is 4.83. The summed E-state index contributed by atoms with van der Waals surface area (Å²) in [6, 6.07) is 12.0. The van der Waals surface area contributed by atoms with Crippen LogP contribution >= 0.6 is 11.8 Å². The molecule has 2 unspecified atom stereocenters. The van der Waals surface area contributed by atoms with Crippen molar-refractivity contribution in [1.82, 2.24) is 4.90 Å². The van der Waals surface area contributed by atoms with Gasteiger partial charge in [0.15, 0.2) is 0 Å². The van der Waals surface area contributed by atoms with Crippen LogP contribution in [0.3, 0.4) is 0 Å². The Hall–Kier alpha value is -3.56. The molecule has 252 valence electrons. The number of carbonyl (C=O) groups is 3. The summed E-state index contributed by atoms with van der Waals surface area (Å²) in [7, 11) is 0. The Bertz CT molecular complexity index is 1490. The number of hydrogen-bond acceptors (Lipinski definition) is 6. The van der Waals surface area contributed by atoms with E-state index in [1.807, 2.05) is 63.2 Å². The Morgan fingerprint density at radius 2 is 1.70 bits per heavy atom. The maximum absolute atomic E-state index is 15.1. The summed E-state index contributed by atoms with van der Waals surface area (Å²) >= 11 is 1.64. The largest absolute Gasteiger partial charge is 0.494 e. The van der Waals surface area contributed by atoms with Crippen LogP contribution in [0.5, 0.6) is 5.75 Å². The summed E-state index contributed by atoms with van der Waals surface area (Å²) in [5.74, 6) is -0.931. The average molecular weight is 660 g/mol. The monoisotopic (exact) mass is 659 g/mol. The molecule has 3 aliphatic heterocycles. The van der Waals surface area contributed by atoms with Crippen LogP contribution in [-0.4, -0.2) is 76.1 Å². The van der Waals surface area contributed by atoms with Gasteiger partial charge >= 0.3 is 0 Å². The van der Waals surface area contributed by atoms with Gasteiger partial charge in [0.2, 0.25) is 11.8 Å². The van der Waals surface area contributed by atoms with E-state index < -0.39 is 28.7 Å². The molecule has 3 amide bonds. The Kier molecular flexibility index (Phi) is 10.6. The van der Waals surface area contributed by atoms with Crippen molar-refractivity contribution < 1.29 is 24.2 Å². The summed E-state index contributed by atoms with van der Waals surface area (Å²) in [6.07, 6.45) is 5.33. The van der Waals surface area contributed by atoms with Crippen molar-refractivity contribution in [3.63, 3.8) is 0 Å². The molecule has 3 heterocycles. The van der Waals surface area contributed by atoms with Gasteiger partial charge in [-0.3, -0.25) is 14.4 Å². The van der Waals surface area contributed by atoms with Crippen LogP contribution in [0, 0.1) is 31.6 Å². The van der Waals surface area contributed by atoms with Crippen LogP contribution in [0.1, 0.15) is 51.2 Å². The fourth-order valence-corrected chi connectivity index (χ4v) is 10.4. The number of fused-ring (bicyclic) bond motifs is 1. The lowest BCUT2D eigenvalue weighted by molar-refractivity contribution is -0.142. The standard InChI is InChI=1S/C38H49N3O5S/c1-8-20-39(27-14-16-29(17-15-27)46-10-3)35(43)31-30-18-19-38(47-30)32(31)36(44)41(28(23-42)22-24(4)5)34(38)37(45)40(21-9-2)33-25(6)12-11-13-26(33)7/h8-9,11-17,24,28,30-32,34,42H,1-2,10,18-23H2,3-7H3/t28-,30-,31+,32+,34?,38?/m1/s1. The number of para-hydroxylation sites is 1. The molecule has 5 rings (SSSR count). The number of hydrogen-bond donors (Lipinski definition) is 1. The van der Waals surface area contributed by atoms with E-state index in [1.54, 1.807) is 38.6 Å². The summed E-state index contributed by atoms with van der Waals surface area (Å²) in [5, 5.41) is 10.6. The van der Waals surface area contributed by atoms with Crippen molar-refractivity contribution in [2.75, 3.05) is 36.1 Å². The topological polar surface area (TPSA) is 90.4 Å². The van der Waals surface area contributed by atoms with E-state index in [2.05, 4.69) is 27.0 Å². The molecule has 1 spiro atoms. The maximum Gasteiger partial charge on any atom is 0.251 e. The lowest BCUT2D eigenvalue weighted by atomic mass is 9.70. The van der Waals surface area contributed by atoms with E-state index >= 15 is 4.79 Å². The van der Waals surface area contributed by atoms with Crippen LogP contribution in [0.15, 0.2) is 67.8 Å². The molecular formula is C38H49N3O5S. The number of aliphatic hydroxyl groups is 1. The maximum atomic E-state index is 15.1. The number of likely N-dealkylation sites (tertiary alicyclic amines) is 1. The van der Waals surface area contributed by atoms with Crippen molar-refractivity contribution in [3.8, 4) is 5.75 Å². The number of nitrogens with zero attached hydrogens (tertiary/aromatic N) is 3. The minimum atomic E-state index is -0.832. The molecule has 0 aromatic heterocycles. The zero-order valence-corrected chi connectivity index (χ0v) is 29.2. The third-order valence-electron chi connectivity index (χ3n) is 9.93. The zero-order chi connectivity index (χ0) is 34.0. The molecule has 9 heteroatoms. The van der Waals surface area contributed by atoms with E-state index in [4.69, 9.17) is 4.74 Å². The quantitative estimate of drug-likeness (QED) is 0.253. The number of carbonyl (C=O) groups excluding carboxylic acids is 3. The second-order valence-corrected chi connectivity index (χ2v) is 15.0. The molecule has 8 nitrogen and oxygen atoms in total. The second-order valence-electron chi connectivity index (χ2n) is 13.4. The number of benzene rings is 2. The minimum absolute atomic E-state index is 0.102. The normalized spacial score (nSPS) is 25.1. The van der Waals surface area contributed by atoms with Gasteiger partial charge in [-0.2, -0.15) is 0 Å². The third kappa shape index (κ3) is 6.13. The van der Waals surface area contributed by atoms with E-state index in [0.29, 0.717) is 30.9 Å². The SMILES string of the molecule is C=CCN(C(=O)[C@@H]1[C@H]2C(=O)N([C@@H](CO)CC(C)C)C(C(=O)N(CC=C)c3c(C)cccc3C)C23CC[C@H]1S3)c1ccc(OCC)cc1. The fourth-order valence-electron chi connectivity index (χ4n) is 8.19. The van der Waals surface area contributed by atoms with E-state index in [0.717, 1.165) is 23.2 Å². The number of ether oxygens (including phenoxy) is 1. The highest BCUT2D eigenvalue weighted by atomic mass is 32.2. The first kappa shape index (κ1) is 34.8. The Labute approximate surface area is 283 Å². The highest BCUT2D eigenvalue weighted by Gasteiger charge is 2.74. The van der Waals surface area contributed by atoms with E-state index in [1.165, 1.54) is 0 Å². The molecule has 0 radical (unpaired) electrons. The average Bonchev–Trinajstić information content (AvgIpc) is 3.69. The van der Waals surface area contributed by atoms with Crippen LogP contribution < -0.4 is 14.5 Å². The Morgan fingerprint density at radius 1 is 1.06 bits per heavy atom. The molecule has 47 heavy (non-hydrogen) atoms. The van der Waals surface area contributed by atoms with Crippen LogP contribution in [0.4, 0.5) is 11.4 Å².